The third-order valence-corrected chi connectivity index (χ3v) is 3.45. The normalized spacial score (nSPS) is 10.8. The Labute approximate surface area is 127 Å². The predicted molar refractivity (Wildman–Crippen MR) is 82.4 cm³/mol. The monoisotopic (exact) mass is 301 g/mol. The van der Waals surface area contributed by atoms with Crippen LogP contribution in [0.4, 0.5) is 4.39 Å². The number of hydrogen-bond donors (Lipinski definition) is 0. The third-order valence-electron chi connectivity index (χ3n) is 3.20. The molecule has 0 amide bonds. The number of ether oxygens (including phenoxy) is 1. The van der Waals surface area contributed by atoms with Crippen LogP contribution in [0.5, 0.6) is 5.88 Å². The van der Waals surface area contributed by atoms with Gasteiger partial charge in [-0.05, 0) is 29.8 Å². The Morgan fingerprint density at radius 1 is 1.00 bits per heavy atom. The van der Waals surface area contributed by atoms with E-state index in [1.54, 1.807) is 12.1 Å². The minimum atomic E-state index is -0.337. The number of para-hydroxylation sites is 1. The first-order chi connectivity index (χ1) is 10.2. The van der Waals surface area contributed by atoms with Crippen molar-refractivity contribution in [2.75, 3.05) is 6.61 Å². The van der Waals surface area contributed by atoms with E-state index in [0.29, 0.717) is 23.0 Å². The molecule has 0 aliphatic carbocycles. The Morgan fingerprint density at radius 2 is 1.81 bits per heavy atom. The summed E-state index contributed by atoms with van der Waals surface area (Å²) < 4.78 is 19.3. The summed E-state index contributed by atoms with van der Waals surface area (Å²) in [5, 5.41) is 1.48. The lowest BCUT2D eigenvalue weighted by Crippen LogP contribution is -2.02. The molecule has 0 bridgehead atoms. The number of benzene rings is 2. The van der Waals surface area contributed by atoms with Gasteiger partial charge in [0, 0.05) is 22.9 Å². The lowest BCUT2D eigenvalue weighted by atomic mass is 10.2. The summed E-state index contributed by atoms with van der Waals surface area (Å²) in [7, 11) is 0. The van der Waals surface area contributed by atoms with Crippen LogP contribution in [-0.2, 0) is 6.42 Å². The lowest BCUT2D eigenvalue weighted by molar-refractivity contribution is 0.310. The van der Waals surface area contributed by atoms with Crippen LogP contribution >= 0.6 is 11.6 Å². The van der Waals surface area contributed by atoms with Gasteiger partial charge in [-0.2, -0.15) is 0 Å². The summed E-state index contributed by atoms with van der Waals surface area (Å²) in [4.78, 5) is 4.20. The first kappa shape index (κ1) is 13.8. The second kappa shape index (κ2) is 6.10. The molecule has 0 unspecified atom stereocenters. The first-order valence-corrected chi connectivity index (χ1v) is 7.03. The van der Waals surface area contributed by atoms with E-state index in [2.05, 4.69) is 4.98 Å². The Balaban J connectivity index is 1.68. The zero-order valence-electron chi connectivity index (χ0n) is 11.2. The maximum absolute atomic E-state index is 13.7. The highest BCUT2D eigenvalue weighted by molar-refractivity contribution is 6.30. The summed E-state index contributed by atoms with van der Waals surface area (Å²) in [6.07, 6.45) is 0.744. The van der Waals surface area contributed by atoms with Gasteiger partial charge in [0.05, 0.1) is 6.61 Å². The fourth-order valence-electron chi connectivity index (χ4n) is 2.10. The van der Waals surface area contributed by atoms with Gasteiger partial charge in [0.25, 0.3) is 0 Å². The Hall–Kier alpha value is -2.13. The van der Waals surface area contributed by atoms with E-state index in [0.717, 1.165) is 17.4 Å². The molecule has 21 heavy (non-hydrogen) atoms. The Morgan fingerprint density at radius 3 is 2.62 bits per heavy atom. The molecule has 2 aromatic carbocycles. The third kappa shape index (κ3) is 3.31. The molecule has 0 N–H and O–H groups in total. The van der Waals surface area contributed by atoms with Crippen LogP contribution in [0.3, 0.4) is 0 Å². The number of nitrogens with zero attached hydrogens (tertiary/aromatic N) is 1. The maximum Gasteiger partial charge on any atom is 0.213 e. The van der Waals surface area contributed by atoms with Gasteiger partial charge in [-0.15, -0.1) is 0 Å². The zero-order valence-corrected chi connectivity index (χ0v) is 12.0. The van der Waals surface area contributed by atoms with Crippen molar-refractivity contribution in [1.82, 2.24) is 4.98 Å². The lowest BCUT2D eigenvalue weighted by Gasteiger charge is -2.07. The molecule has 0 saturated carbocycles. The van der Waals surface area contributed by atoms with E-state index in [1.165, 1.54) is 6.07 Å². The maximum atomic E-state index is 13.7. The minimum Gasteiger partial charge on any atom is -0.477 e. The quantitative estimate of drug-likeness (QED) is 0.700. The van der Waals surface area contributed by atoms with Gasteiger partial charge < -0.3 is 4.74 Å². The van der Waals surface area contributed by atoms with Crippen LogP contribution in [0, 0.1) is 5.82 Å². The molecule has 3 aromatic rings. The van der Waals surface area contributed by atoms with E-state index in [1.807, 2.05) is 36.4 Å². The molecule has 0 aliphatic heterocycles. The standard InChI is InChI=1S/C17H13ClFNO/c18-14-7-4-12(5-8-14)10-11-21-16-9-6-13-2-1-3-15(19)17(13)20-16/h1-9H,10-11H2. The molecule has 0 aliphatic rings. The fourth-order valence-corrected chi connectivity index (χ4v) is 2.22. The van der Waals surface area contributed by atoms with Crippen LogP contribution < -0.4 is 4.74 Å². The summed E-state index contributed by atoms with van der Waals surface area (Å²) in [5.74, 6) is 0.0946. The summed E-state index contributed by atoms with van der Waals surface area (Å²) >= 11 is 5.84. The highest BCUT2D eigenvalue weighted by Gasteiger charge is 2.04. The minimum absolute atomic E-state index is 0.335. The number of aromatic nitrogens is 1. The zero-order chi connectivity index (χ0) is 14.7. The molecule has 1 aromatic heterocycles. The summed E-state index contributed by atoms with van der Waals surface area (Å²) in [6.45, 7) is 0.481. The van der Waals surface area contributed by atoms with Gasteiger partial charge in [0.1, 0.15) is 11.3 Å². The molecule has 3 rings (SSSR count). The molecule has 0 spiro atoms. The highest BCUT2D eigenvalue weighted by atomic mass is 35.5. The van der Waals surface area contributed by atoms with Crippen molar-refractivity contribution < 1.29 is 9.13 Å². The smallest absolute Gasteiger partial charge is 0.213 e. The summed E-state index contributed by atoms with van der Waals surface area (Å²) in [5.41, 5.74) is 1.47. The van der Waals surface area contributed by atoms with Crippen molar-refractivity contribution >= 4 is 22.5 Å². The first-order valence-electron chi connectivity index (χ1n) is 6.65. The Kier molecular flexibility index (Phi) is 4.02. The van der Waals surface area contributed by atoms with Gasteiger partial charge in [-0.3, -0.25) is 0 Å². The van der Waals surface area contributed by atoms with Crippen molar-refractivity contribution in [1.29, 1.82) is 0 Å². The predicted octanol–water partition coefficient (Wildman–Crippen LogP) is 4.65. The van der Waals surface area contributed by atoms with Gasteiger partial charge in [0.2, 0.25) is 5.88 Å². The van der Waals surface area contributed by atoms with E-state index < -0.39 is 0 Å². The second-order valence-corrected chi connectivity index (χ2v) is 5.12. The molecular weight excluding hydrogens is 289 g/mol. The number of halogens is 2. The van der Waals surface area contributed by atoms with Crippen molar-refractivity contribution in [2.24, 2.45) is 0 Å². The van der Waals surface area contributed by atoms with Crippen LogP contribution in [0.2, 0.25) is 5.02 Å². The fraction of sp³-hybridized carbons (Fsp3) is 0.118. The molecule has 0 atom stereocenters. The van der Waals surface area contributed by atoms with Crippen LogP contribution in [0.25, 0.3) is 10.9 Å². The van der Waals surface area contributed by atoms with E-state index in [-0.39, 0.29) is 5.82 Å². The molecular formula is C17H13ClFNO. The van der Waals surface area contributed by atoms with Crippen molar-refractivity contribution in [3.63, 3.8) is 0 Å². The highest BCUT2D eigenvalue weighted by Crippen LogP contribution is 2.19. The van der Waals surface area contributed by atoms with Crippen LogP contribution in [-0.4, -0.2) is 11.6 Å². The van der Waals surface area contributed by atoms with E-state index >= 15 is 0 Å². The SMILES string of the molecule is Fc1cccc2ccc(OCCc3ccc(Cl)cc3)nc12. The van der Waals surface area contributed by atoms with Crippen molar-refractivity contribution in [2.45, 2.75) is 6.42 Å². The number of rotatable bonds is 4. The van der Waals surface area contributed by atoms with Gasteiger partial charge >= 0.3 is 0 Å². The average Bonchev–Trinajstić information content (AvgIpc) is 2.50. The summed E-state index contributed by atoms with van der Waals surface area (Å²) in [6, 6.07) is 16.1. The van der Waals surface area contributed by atoms with Crippen molar-refractivity contribution in [3.8, 4) is 5.88 Å². The topological polar surface area (TPSA) is 22.1 Å². The Bertz CT molecular complexity index is 758. The van der Waals surface area contributed by atoms with Gasteiger partial charge in [-0.1, -0.05) is 35.9 Å². The average molecular weight is 302 g/mol. The van der Waals surface area contributed by atoms with E-state index in [4.69, 9.17) is 16.3 Å². The molecule has 0 saturated heterocycles. The van der Waals surface area contributed by atoms with Crippen molar-refractivity contribution in [3.05, 3.63) is 71.0 Å². The number of fused-ring (bicyclic) bond motifs is 1. The molecule has 2 nitrogen and oxygen atoms in total. The second-order valence-electron chi connectivity index (χ2n) is 4.69. The van der Waals surface area contributed by atoms with Crippen LogP contribution in [0.15, 0.2) is 54.6 Å². The van der Waals surface area contributed by atoms with Gasteiger partial charge in [-0.25, -0.2) is 9.37 Å². The van der Waals surface area contributed by atoms with Crippen LogP contribution in [0.1, 0.15) is 5.56 Å². The molecule has 4 heteroatoms. The number of hydrogen-bond acceptors (Lipinski definition) is 2. The molecule has 0 radical (unpaired) electrons. The number of pyridine rings is 1. The molecule has 106 valence electrons. The van der Waals surface area contributed by atoms with Gasteiger partial charge in [0.15, 0.2) is 0 Å². The largest absolute Gasteiger partial charge is 0.477 e. The molecule has 1 heterocycles. The molecule has 0 fully saturated rings. The van der Waals surface area contributed by atoms with E-state index in [9.17, 15) is 4.39 Å².